The molecule has 118 valence electrons. The zero-order valence-electron chi connectivity index (χ0n) is 13.7. The summed E-state index contributed by atoms with van der Waals surface area (Å²) in [4.78, 5) is 13.7. The van der Waals surface area contributed by atoms with E-state index in [0.29, 0.717) is 22.5 Å². The second-order valence-electron chi connectivity index (χ2n) is 5.89. The van der Waals surface area contributed by atoms with Gasteiger partial charge in [-0.15, -0.1) is 0 Å². The molecule has 0 aliphatic heterocycles. The molecular weight excluding hydrogens is 284 g/mol. The Morgan fingerprint density at radius 2 is 1.95 bits per heavy atom. The largest absolute Gasteiger partial charge is 0.382 e. The second kappa shape index (κ2) is 8.28. The van der Waals surface area contributed by atoms with Crippen LogP contribution in [0, 0.1) is 5.92 Å². The summed E-state index contributed by atoms with van der Waals surface area (Å²) < 4.78 is 0. The Morgan fingerprint density at radius 1 is 1.29 bits per heavy atom. The summed E-state index contributed by atoms with van der Waals surface area (Å²) in [7, 11) is 3.47. The first-order chi connectivity index (χ1) is 9.88. The highest BCUT2D eigenvalue weighted by atomic mass is 35.5. The molecular formula is C17H27ClN2O. The highest BCUT2D eigenvalue weighted by Gasteiger charge is 2.15. The molecule has 3 nitrogen and oxygen atoms in total. The molecule has 1 rings (SSSR count). The minimum absolute atomic E-state index is 0.0707. The quantitative estimate of drug-likeness (QED) is 0.794. The van der Waals surface area contributed by atoms with E-state index < -0.39 is 0 Å². The molecule has 1 aromatic rings. The molecule has 0 radical (unpaired) electrons. The molecule has 4 heteroatoms. The number of halogens is 1. The van der Waals surface area contributed by atoms with E-state index in [9.17, 15) is 4.79 Å². The summed E-state index contributed by atoms with van der Waals surface area (Å²) in [6.07, 6.45) is 3.37. The first-order valence-corrected chi connectivity index (χ1v) is 8.04. The van der Waals surface area contributed by atoms with Gasteiger partial charge in [-0.2, -0.15) is 0 Å². The number of carbonyl (C=O) groups excluding carboxylic acids is 1. The molecule has 0 aliphatic carbocycles. The summed E-state index contributed by atoms with van der Waals surface area (Å²) in [5, 5.41) is 4.02. The van der Waals surface area contributed by atoms with Gasteiger partial charge >= 0.3 is 0 Å². The maximum Gasteiger partial charge on any atom is 0.254 e. The van der Waals surface area contributed by atoms with Crippen molar-refractivity contribution in [1.29, 1.82) is 0 Å². The Balaban J connectivity index is 2.88. The maximum atomic E-state index is 12.1. The van der Waals surface area contributed by atoms with E-state index in [1.54, 1.807) is 25.1 Å². The average molecular weight is 311 g/mol. The van der Waals surface area contributed by atoms with E-state index in [4.69, 9.17) is 11.6 Å². The second-order valence-corrected chi connectivity index (χ2v) is 6.30. The molecule has 0 heterocycles. The number of hydrogen-bond acceptors (Lipinski definition) is 2. The number of rotatable bonds is 7. The zero-order valence-corrected chi connectivity index (χ0v) is 14.5. The lowest BCUT2D eigenvalue weighted by atomic mass is 9.97. The SMILES string of the molecule is CCC(C)CC(CC)Nc1ccc(Cl)c(C(=O)N(C)C)c1. The van der Waals surface area contributed by atoms with Crippen LogP contribution in [-0.2, 0) is 0 Å². The number of amides is 1. The van der Waals surface area contributed by atoms with Gasteiger partial charge in [-0.25, -0.2) is 0 Å². The minimum Gasteiger partial charge on any atom is -0.382 e. The molecule has 0 aliphatic rings. The Morgan fingerprint density at radius 3 is 2.48 bits per heavy atom. The lowest BCUT2D eigenvalue weighted by molar-refractivity contribution is 0.0828. The normalized spacial score (nSPS) is 13.6. The number of anilines is 1. The number of hydrogen-bond donors (Lipinski definition) is 1. The van der Waals surface area contributed by atoms with E-state index in [-0.39, 0.29) is 5.91 Å². The molecule has 0 aromatic heterocycles. The van der Waals surface area contributed by atoms with Crippen LogP contribution in [0.3, 0.4) is 0 Å². The molecule has 2 unspecified atom stereocenters. The van der Waals surface area contributed by atoms with Crippen molar-refractivity contribution < 1.29 is 4.79 Å². The number of nitrogens with one attached hydrogen (secondary N) is 1. The number of carbonyl (C=O) groups is 1. The van der Waals surface area contributed by atoms with Crippen molar-refractivity contribution in [3.8, 4) is 0 Å². The summed E-state index contributed by atoms with van der Waals surface area (Å²) in [6.45, 7) is 6.67. The van der Waals surface area contributed by atoms with Crippen LogP contribution in [0.1, 0.15) is 50.4 Å². The first kappa shape index (κ1) is 17.8. The summed E-state index contributed by atoms with van der Waals surface area (Å²) in [5.74, 6) is 0.622. The average Bonchev–Trinajstić information content (AvgIpc) is 2.47. The van der Waals surface area contributed by atoms with Crippen LogP contribution >= 0.6 is 11.6 Å². The summed E-state index contributed by atoms with van der Waals surface area (Å²) in [6, 6.07) is 6.00. The van der Waals surface area contributed by atoms with Crippen molar-refractivity contribution in [3.63, 3.8) is 0 Å². The van der Waals surface area contributed by atoms with Crippen LogP contribution in [0.25, 0.3) is 0 Å². The van der Waals surface area contributed by atoms with Crippen molar-refractivity contribution in [2.45, 2.75) is 46.1 Å². The standard InChI is InChI=1S/C17H27ClN2O/c1-6-12(3)10-13(7-2)19-14-8-9-16(18)15(11-14)17(21)20(4)5/h8-9,11-13,19H,6-7,10H2,1-5H3. The number of benzene rings is 1. The molecule has 1 N–H and O–H groups in total. The predicted molar refractivity (Wildman–Crippen MR) is 91.2 cm³/mol. The minimum atomic E-state index is -0.0707. The highest BCUT2D eigenvalue weighted by molar-refractivity contribution is 6.34. The summed E-state index contributed by atoms with van der Waals surface area (Å²) in [5.41, 5.74) is 1.50. The molecule has 1 amide bonds. The van der Waals surface area contributed by atoms with E-state index in [1.165, 1.54) is 6.42 Å². The van der Waals surface area contributed by atoms with Crippen LogP contribution in [0.15, 0.2) is 18.2 Å². The molecule has 0 fully saturated rings. The van der Waals surface area contributed by atoms with Crippen molar-refractivity contribution in [2.75, 3.05) is 19.4 Å². The van der Waals surface area contributed by atoms with Gasteiger partial charge in [0.2, 0.25) is 0 Å². The summed E-state index contributed by atoms with van der Waals surface area (Å²) >= 11 is 6.14. The van der Waals surface area contributed by atoms with Gasteiger partial charge < -0.3 is 10.2 Å². The van der Waals surface area contributed by atoms with Crippen LogP contribution < -0.4 is 5.32 Å². The molecule has 0 spiro atoms. The molecule has 0 saturated carbocycles. The van der Waals surface area contributed by atoms with Crippen LogP contribution in [0.4, 0.5) is 5.69 Å². The van der Waals surface area contributed by atoms with E-state index in [0.717, 1.165) is 18.5 Å². The Kier molecular flexibility index (Phi) is 7.03. The van der Waals surface area contributed by atoms with Gasteiger partial charge in [0.05, 0.1) is 10.6 Å². The van der Waals surface area contributed by atoms with Gasteiger partial charge in [-0.3, -0.25) is 4.79 Å². The maximum absolute atomic E-state index is 12.1. The smallest absolute Gasteiger partial charge is 0.254 e. The van der Waals surface area contributed by atoms with Gasteiger partial charge in [0, 0.05) is 25.8 Å². The molecule has 0 saturated heterocycles. The Bertz CT molecular complexity index is 474. The third-order valence-corrected chi connectivity index (χ3v) is 4.18. The van der Waals surface area contributed by atoms with Crippen molar-refractivity contribution in [1.82, 2.24) is 4.90 Å². The Labute approximate surface area is 133 Å². The fourth-order valence-corrected chi connectivity index (χ4v) is 2.43. The van der Waals surface area contributed by atoms with Crippen molar-refractivity contribution in [3.05, 3.63) is 28.8 Å². The molecule has 2 atom stereocenters. The first-order valence-electron chi connectivity index (χ1n) is 7.66. The Hall–Kier alpha value is -1.22. The third kappa shape index (κ3) is 5.24. The predicted octanol–water partition coefficient (Wildman–Crippen LogP) is 4.67. The highest BCUT2D eigenvalue weighted by Crippen LogP contribution is 2.24. The number of nitrogens with zero attached hydrogens (tertiary/aromatic N) is 1. The lowest BCUT2D eigenvalue weighted by Crippen LogP contribution is -2.23. The van der Waals surface area contributed by atoms with Crippen LogP contribution in [0.2, 0.25) is 5.02 Å². The van der Waals surface area contributed by atoms with Crippen molar-refractivity contribution >= 4 is 23.2 Å². The topological polar surface area (TPSA) is 32.3 Å². The lowest BCUT2D eigenvalue weighted by Gasteiger charge is -2.22. The fourth-order valence-electron chi connectivity index (χ4n) is 2.24. The van der Waals surface area contributed by atoms with Gasteiger partial charge in [-0.1, -0.05) is 38.8 Å². The van der Waals surface area contributed by atoms with Gasteiger partial charge in [-0.05, 0) is 37.0 Å². The zero-order chi connectivity index (χ0) is 16.0. The van der Waals surface area contributed by atoms with Crippen LogP contribution in [-0.4, -0.2) is 30.9 Å². The van der Waals surface area contributed by atoms with Gasteiger partial charge in [0.25, 0.3) is 5.91 Å². The van der Waals surface area contributed by atoms with Gasteiger partial charge in [0.1, 0.15) is 0 Å². The molecule has 0 bridgehead atoms. The fraction of sp³-hybridized carbons (Fsp3) is 0.588. The van der Waals surface area contributed by atoms with Crippen LogP contribution in [0.5, 0.6) is 0 Å². The monoisotopic (exact) mass is 310 g/mol. The van der Waals surface area contributed by atoms with Gasteiger partial charge in [0.15, 0.2) is 0 Å². The third-order valence-electron chi connectivity index (χ3n) is 3.85. The van der Waals surface area contributed by atoms with E-state index in [2.05, 4.69) is 26.1 Å². The van der Waals surface area contributed by atoms with E-state index >= 15 is 0 Å². The van der Waals surface area contributed by atoms with E-state index in [1.807, 2.05) is 12.1 Å². The van der Waals surface area contributed by atoms with Crippen molar-refractivity contribution in [2.24, 2.45) is 5.92 Å². The molecule has 1 aromatic carbocycles. The molecule has 21 heavy (non-hydrogen) atoms.